The summed E-state index contributed by atoms with van der Waals surface area (Å²) >= 11 is 0. The minimum Gasteiger partial charge on any atom is -0.456 e. The molecule has 38 heavy (non-hydrogen) atoms. The Labute approximate surface area is 251 Å². The van der Waals surface area contributed by atoms with Crippen LogP contribution in [-0.4, -0.2) is 0 Å². The van der Waals surface area contributed by atoms with Crippen LogP contribution in [0.15, 0.2) is 137 Å². The maximum Gasteiger partial charge on any atom is 0.135 e. The van der Waals surface area contributed by atoms with E-state index in [1.807, 2.05) is 0 Å². The molecule has 0 unspecified atom stereocenters. The SMILES string of the molecule is [2H]c1c([2H])c([2H])c2c(oc3c([2H])c([2H])c([2H])c(Cc4c5c([2H])c([2H])c([2H])c([2H])c5c(-c5c([2H])c([2H])c([2H])c6c([2H])c([2H])c([2H])c([2H])c56)c5c([2H])c([2H])c([2H])c([2H])c45)c32)c1[2H]. The van der Waals surface area contributed by atoms with Gasteiger partial charge in [0.2, 0.25) is 0 Å². The number of furan rings is 1. The van der Waals surface area contributed by atoms with Gasteiger partial charge < -0.3 is 4.42 Å². The number of rotatable bonds is 3. The molecule has 0 bridgehead atoms. The molecule has 0 spiro atoms. The molecule has 1 nitrogen and oxygen atoms in total. The lowest BCUT2D eigenvalue weighted by Crippen LogP contribution is -1.96. The molecule has 1 heteroatoms. The summed E-state index contributed by atoms with van der Waals surface area (Å²) in [4.78, 5) is 0. The molecule has 0 saturated heterocycles. The third-order valence-corrected chi connectivity index (χ3v) is 6.42. The van der Waals surface area contributed by atoms with Crippen LogP contribution >= 0.6 is 0 Å². The summed E-state index contributed by atoms with van der Waals surface area (Å²) < 4.78 is 199. The number of hydrogen-bond acceptors (Lipinski definition) is 1. The van der Waals surface area contributed by atoms with Crippen LogP contribution in [0.5, 0.6) is 0 Å². The molecule has 7 aromatic carbocycles. The third-order valence-electron chi connectivity index (χ3n) is 6.42. The van der Waals surface area contributed by atoms with Crippen molar-refractivity contribution < 1.29 is 34.6 Å². The fraction of sp³-hybridized carbons (Fsp3) is 0.0270. The van der Waals surface area contributed by atoms with Crippen LogP contribution in [0.2, 0.25) is 0 Å². The lowest BCUT2D eigenvalue weighted by atomic mass is 9.84. The number of para-hydroxylation sites is 1. The third kappa shape index (κ3) is 3.12. The lowest BCUT2D eigenvalue weighted by molar-refractivity contribution is 0.668. The van der Waals surface area contributed by atoms with E-state index < -0.39 is 194 Å². The highest BCUT2D eigenvalue weighted by atomic mass is 16.3. The van der Waals surface area contributed by atoms with E-state index >= 15 is 0 Å². The van der Waals surface area contributed by atoms with Crippen molar-refractivity contribution in [3.63, 3.8) is 0 Å². The van der Waals surface area contributed by atoms with Crippen LogP contribution in [0.1, 0.15) is 41.3 Å². The first-order chi connectivity index (χ1) is 28.0. The van der Waals surface area contributed by atoms with E-state index in [0.717, 1.165) is 0 Å². The molecule has 0 radical (unpaired) electrons. The molecule has 178 valence electrons. The predicted molar refractivity (Wildman–Crippen MR) is 161 cm³/mol. The van der Waals surface area contributed by atoms with Crippen molar-refractivity contribution in [3.8, 4) is 11.1 Å². The number of hydrogen-bond donors (Lipinski definition) is 0. The molecule has 1 heterocycles. The highest BCUT2D eigenvalue weighted by molar-refractivity contribution is 6.19. The molecule has 0 amide bonds. The molecule has 0 aliphatic heterocycles. The summed E-state index contributed by atoms with van der Waals surface area (Å²) in [5, 5.41) is -3.61. The van der Waals surface area contributed by atoms with Gasteiger partial charge in [0.1, 0.15) is 11.2 Å². The predicted octanol–water partition coefficient (Wildman–Crippen LogP) is 10.3. The molecule has 0 saturated carbocycles. The average molecular weight is 507 g/mol. The van der Waals surface area contributed by atoms with Gasteiger partial charge in [-0.3, -0.25) is 0 Å². The Hall–Kier alpha value is -4.88. The van der Waals surface area contributed by atoms with Gasteiger partial charge in [0.15, 0.2) is 0 Å². The van der Waals surface area contributed by atoms with Gasteiger partial charge in [0.05, 0.1) is 30.2 Å². The summed E-state index contributed by atoms with van der Waals surface area (Å²) in [5.41, 5.74) is -2.59. The quantitative estimate of drug-likeness (QED) is 0.217. The maximum atomic E-state index is 9.28. The molecular weight excluding hydrogens is 460 g/mol. The van der Waals surface area contributed by atoms with Crippen molar-refractivity contribution in [3.05, 3.63) is 144 Å². The van der Waals surface area contributed by atoms with Crippen LogP contribution in [0.25, 0.3) is 65.4 Å². The summed E-state index contributed by atoms with van der Waals surface area (Å²) in [6.45, 7) is 0. The van der Waals surface area contributed by atoms with Gasteiger partial charge in [-0.05, 0) is 73.1 Å². The second-order valence-electron chi connectivity index (χ2n) is 8.39. The Morgan fingerprint density at radius 2 is 1.03 bits per heavy atom. The second kappa shape index (κ2) is 8.33. The van der Waals surface area contributed by atoms with Crippen LogP contribution in [-0.2, 0) is 6.42 Å². The van der Waals surface area contributed by atoms with Gasteiger partial charge in [-0.1, -0.05) is 121 Å². The zero-order valence-electron chi connectivity index (χ0n) is 41.1. The fourth-order valence-corrected chi connectivity index (χ4v) is 4.86. The van der Waals surface area contributed by atoms with Gasteiger partial charge in [-0.15, -0.1) is 0 Å². The number of benzene rings is 7. The monoisotopic (exact) mass is 506 g/mol. The van der Waals surface area contributed by atoms with Crippen molar-refractivity contribution >= 4 is 54.3 Å². The van der Waals surface area contributed by atoms with E-state index in [0.29, 0.717) is 0 Å². The van der Waals surface area contributed by atoms with Gasteiger partial charge >= 0.3 is 0 Å². The fourth-order valence-electron chi connectivity index (χ4n) is 4.86. The highest BCUT2D eigenvalue weighted by Crippen LogP contribution is 2.43. The van der Waals surface area contributed by atoms with E-state index in [1.54, 1.807) is 0 Å². The summed E-state index contributed by atoms with van der Waals surface area (Å²) in [5.74, 6) is 0. The van der Waals surface area contributed by atoms with E-state index in [9.17, 15) is 6.85 Å². The first-order valence-corrected chi connectivity index (χ1v) is 11.4. The van der Waals surface area contributed by atoms with E-state index in [-0.39, 0.29) is 21.9 Å². The average Bonchev–Trinajstić information content (AvgIpc) is 3.63. The molecule has 0 N–H and O–H groups in total. The van der Waals surface area contributed by atoms with Crippen molar-refractivity contribution in [2.75, 3.05) is 0 Å². The number of fused-ring (bicyclic) bond motifs is 6. The first-order valence-electron chi connectivity index (χ1n) is 22.4. The lowest BCUT2D eigenvalue weighted by Gasteiger charge is -2.19. The second-order valence-corrected chi connectivity index (χ2v) is 8.39. The molecular formula is C37H24O. The zero-order chi connectivity index (χ0) is 44.2. The van der Waals surface area contributed by atoms with Crippen molar-refractivity contribution in [2.45, 2.75) is 6.42 Å². The summed E-state index contributed by atoms with van der Waals surface area (Å²) in [6.07, 6.45) is -0.750. The van der Waals surface area contributed by atoms with E-state index in [4.69, 9.17) is 27.7 Å². The minimum absolute atomic E-state index is 0.240. The summed E-state index contributed by atoms with van der Waals surface area (Å²) in [6, 6.07) is -17.2. The molecule has 0 fully saturated rings. The Balaban J connectivity index is 1.71. The Bertz CT molecular complexity index is 3280. The van der Waals surface area contributed by atoms with E-state index in [1.165, 1.54) is 0 Å². The topological polar surface area (TPSA) is 13.1 Å². The molecule has 8 rings (SSSR count). The molecule has 1 aromatic heterocycles. The van der Waals surface area contributed by atoms with Gasteiger partial charge in [-0.2, -0.15) is 0 Å². The highest BCUT2D eigenvalue weighted by Gasteiger charge is 2.18. The van der Waals surface area contributed by atoms with Crippen LogP contribution in [0.3, 0.4) is 0 Å². The van der Waals surface area contributed by atoms with E-state index in [2.05, 4.69) is 0 Å². The van der Waals surface area contributed by atoms with Gasteiger partial charge in [-0.25, -0.2) is 0 Å². The molecule has 0 atom stereocenters. The van der Waals surface area contributed by atoms with Crippen LogP contribution in [0, 0.1) is 0 Å². The molecule has 0 aliphatic rings. The summed E-state index contributed by atoms with van der Waals surface area (Å²) in [7, 11) is 0. The van der Waals surface area contributed by atoms with Crippen molar-refractivity contribution in [1.82, 2.24) is 0 Å². The van der Waals surface area contributed by atoms with Gasteiger partial charge in [0, 0.05) is 10.8 Å². The van der Waals surface area contributed by atoms with Crippen LogP contribution < -0.4 is 0 Å². The van der Waals surface area contributed by atoms with Gasteiger partial charge in [0.25, 0.3) is 0 Å². The normalized spacial score (nSPS) is 19.9. The Morgan fingerprint density at radius 1 is 0.474 bits per heavy atom. The Kier molecular flexibility index (Phi) is 1.94. The largest absolute Gasteiger partial charge is 0.456 e. The first kappa shape index (κ1) is 8.85. The maximum absolute atomic E-state index is 9.28. The Morgan fingerprint density at radius 3 is 1.79 bits per heavy atom. The van der Waals surface area contributed by atoms with Crippen molar-refractivity contribution in [1.29, 1.82) is 0 Å². The van der Waals surface area contributed by atoms with Crippen LogP contribution in [0.4, 0.5) is 0 Å². The zero-order valence-corrected chi connectivity index (χ0v) is 19.1. The minimum atomic E-state index is -0.870. The van der Waals surface area contributed by atoms with Crippen molar-refractivity contribution in [2.24, 2.45) is 0 Å². The molecule has 0 aliphatic carbocycles. The molecule has 8 aromatic rings. The smallest absolute Gasteiger partial charge is 0.135 e. The standard InChI is InChI=1S/C37H24O/c1-2-14-26-24(11-1)12-9-20-29(26)37-30-17-5-3-15-27(30)33(28-16-4-6-18-31(28)37)23-25-13-10-22-35-36(25)32-19-7-8-21-34(32)38-35/h1-22H,23H2/i1D,2D,3D,4D,5D,6D,7D,8D,9D,10D,11D,12D,13D,14D,15D,16D,17D,18D,19D,20D,21D,22D.